The number of carboxylic acids is 1. The number of carboxylic acid groups (broad SMARTS) is 1. The number of hydrogen-bond donors (Lipinski definition) is 2. The third-order valence-electron chi connectivity index (χ3n) is 7.10. The SMILES string of the molecule is O=C(O)CCN1C[C@@H]2[C@H](CNC(=O)CN3CCCCCC3)[C@H]3CC[C@]2(C1)O3. The lowest BCUT2D eigenvalue weighted by atomic mass is 9.73. The van der Waals surface area contributed by atoms with Crippen LogP contribution in [0.25, 0.3) is 0 Å². The van der Waals surface area contributed by atoms with Gasteiger partial charge in [-0.05, 0) is 38.8 Å². The van der Waals surface area contributed by atoms with Crippen molar-refractivity contribution in [1.29, 1.82) is 0 Å². The van der Waals surface area contributed by atoms with E-state index >= 15 is 0 Å². The van der Waals surface area contributed by atoms with Crippen molar-refractivity contribution in [3.63, 3.8) is 0 Å². The maximum Gasteiger partial charge on any atom is 0.304 e. The summed E-state index contributed by atoms with van der Waals surface area (Å²) >= 11 is 0. The Bertz CT molecular complexity index is 563. The number of nitrogens with one attached hydrogen (secondary N) is 1. The van der Waals surface area contributed by atoms with Crippen molar-refractivity contribution in [2.75, 3.05) is 45.8 Å². The number of hydrogen-bond acceptors (Lipinski definition) is 5. The van der Waals surface area contributed by atoms with E-state index in [2.05, 4.69) is 15.1 Å². The number of carbonyl (C=O) groups is 2. The quantitative estimate of drug-likeness (QED) is 0.685. The molecule has 4 fully saturated rings. The van der Waals surface area contributed by atoms with Gasteiger partial charge in [0.2, 0.25) is 5.91 Å². The summed E-state index contributed by atoms with van der Waals surface area (Å²) in [6, 6.07) is 0. The van der Waals surface area contributed by atoms with Gasteiger partial charge in [-0.2, -0.15) is 0 Å². The fourth-order valence-corrected chi connectivity index (χ4v) is 5.77. The van der Waals surface area contributed by atoms with E-state index < -0.39 is 5.97 Å². The molecule has 4 aliphatic heterocycles. The van der Waals surface area contributed by atoms with Gasteiger partial charge < -0.3 is 15.2 Å². The number of amides is 1. The Hall–Kier alpha value is -1.18. The standard InChI is InChI=1S/C20H33N3O4/c24-18(13-22-8-3-1-2-4-9-22)21-11-15-16-12-23(10-6-19(25)26)14-20(16)7-5-17(15)27-20/h15-17H,1-14H2,(H,21,24)(H,25,26)/t15-,16+,17+,20+/m0/s1. The second-order valence-corrected chi connectivity index (χ2v) is 8.90. The number of likely N-dealkylation sites (tertiary alicyclic amines) is 2. The van der Waals surface area contributed by atoms with Crippen molar-refractivity contribution < 1.29 is 19.4 Å². The van der Waals surface area contributed by atoms with Crippen LogP contribution in [0.15, 0.2) is 0 Å². The first-order valence-electron chi connectivity index (χ1n) is 10.7. The molecule has 1 spiro atoms. The van der Waals surface area contributed by atoms with Crippen LogP contribution in [0.1, 0.15) is 44.9 Å². The minimum atomic E-state index is -0.743. The molecule has 2 N–H and O–H groups in total. The van der Waals surface area contributed by atoms with Crippen molar-refractivity contribution in [3.05, 3.63) is 0 Å². The highest BCUT2D eigenvalue weighted by molar-refractivity contribution is 5.78. The molecule has 0 aromatic carbocycles. The number of rotatable bonds is 7. The first-order valence-corrected chi connectivity index (χ1v) is 10.7. The van der Waals surface area contributed by atoms with E-state index in [4.69, 9.17) is 9.84 Å². The maximum absolute atomic E-state index is 12.4. The minimum Gasteiger partial charge on any atom is -0.481 e. The van der Waals surface area contributed by atoms with Crippen LogP contribution in [-0.2, 0) is 14.3 Å². The van der Waals surface area contributed by atoms with Gasteiger partial charge in [0.15, 0.2) is 0 Å². The molecule has 4 aliphatic rings. The van der Waals surface area contributed by atoms with Gasteiger partial charge in [0.25, 0.3) is 0 Å². The molecule has 27 heavy (non-hydrogen) atoms. The molecule has 0 aliphatic carbocycles. The first kappa shape index (κ1) is 19.2. The summed E-state index contributed by atoms with van der Waals surface area (Å²) in [4.78, 5) is 27.9. The summed E-state index contributed by atoms with van der Waals surface area (Å²) in [5.41, 5.74) is -0.0939. The van der Waals surface area contributed by atoms with Gasteiger partial charge in [-0.25, -0.2) is 0 Å². The molecule has 4 atom stereocenters. The first-order chi connectivity index (χ1) is 13.1. The van der Waals surface area contributed by atoms with Crippen LogP contribution in [0.4, 0.5) is 0 Å². The molecule has 7 nitrogen and oxygen atoms in total. The minimum absolute atomic E-state index is 0.0939. The van der Waals surface area contributed by atoms with Gasteiger partial charge in [0, 0.05) is 38.0 Å². The summed E-state index contributed by atoms with van der Waals surface area (Å²) in [6.45, 7) is 5.61. The number of nitrogens with zero attached hydrogens (tertiary/aromatic N) is 2. The highest BCUT2D eigenvalue weighted by atomic mass is 16.5. The Morgan fingerprint density at radius 3 is 2.67 bits per heavy atom. The van der Waals surface area contributed by atoms with Crippen LogP contribution >= 0.6 is 0 Å². The molecule has 0 radical (unpaired) electrons. The average Bonchev–Trinajstić information content (AvgIpc) is 3.21. The highest BCUT2D eigenvalue weighted by Crippen LogP contribution is 2.54. The summed E-state index contributed by atoms with van der Waals surface area (Å²) in [7, 11) is 0. The maximum atomic E-state index is 12.4. The predicted octanol–water partition coefficient (Wildman–Crippen LogP) is 0.933. The molecule has 0 aromatic heterocycles. The normalized spacial score (nSPS) is 36.5. The number of fused-ring (bicyclic) bond motifs is 1. The molecular formula is C20H33N3O4. The van der Waals surface area contributed by atoms with Gasteiger partial charge in [-0.1, -0.05) is 12.8 Å². The molecule has 2 bridgehead atoms. The molecule has 0 aromatic rings. The zero-order valence-corrected chi connectivity index (χ0v) is 16.2. The molecule has 4 rings (SSSR count). The van der Waals surface area contributed by atoms with Crippen LogP contribution in [-0.4, -0.2) is 84.3 Å². The Morgan fingerprint density at radius 1 is 1.15 bits per heavy atom. The fraction of sp³-hybridized carbons (Fsp3) is 0.900. The third-order valence-corrected chi connectivity index (χ3v) is 7.10. The molecule has 4 saturated heterocycles. The lowest BCUT2D eigenvalue weighted by molar-refractivity contribution is -0.137. The number of carbonyl (C=O) groups excluding carboxylic acids is 1. The third kappa shape index (κ3) is 4.15. The van der Waals surface area contributed by atoms with Crippen molar-refractivity contribution in [1.82, 2.24) is 15.1 Å². The van der Waals surface area contributed by atoms with Crippen LogP contribution in [0.5, 0.6) is 0 Å². The Kier molecular flexibility index (Phi) is 5.71. The Labute approximate surface area is 161 Å². The van der Waals surface area contributed by atoms with E-state index in [0.29, 0.717) is 31.5 Å². The summed E-state index contributed by atoms with van der Waals surface area (Å²) in [5.74, 6) is 0.173. The molecule has 1 amide bonds. The molecule has 4 heterocycles. The Morgan fingerprint density at radius 2 is 1.93 bits per heavy atom. The Balaban J connectivity index is 1.28. The molecule has 7 heteroatoms. The van der Waals surface area contributed by atoms with E-state index in [0.717, 1.165) is 39.0 Å². The van der Waals surface area contributed by atoms with Gasteiger partial charge in [0.1, 0.15) is 0 Å². The van der Waals surface area contributed by atoms with Crippen molar-refractivity contribution >= 4 is 11.9 Å². The monoisotopic (exact) mass is 379 g/mol. The lowest BCUT2D eigenvalue weighted by Crippen LogP contribution is -2.44. The largest absolute Gasteiger partial charge is 0.481 e. The van der Waals surface area contributed by atoms with E-state index in [1.807, 2.05) is 0 Å². The van der Waals surface area contributed by atoms with Crippen molar-refractivity contribution in [2.45, 2.75) is 56.7 Å². The molecule has 0 unspecified atom stereocenters. The van der Waals surface area contributed by atoms with Gasteiger partial charge >= 0.3 is 5.97 Å². The van der Waals surface area contributed by atoms with Crippen LogP contribution in [0.3, 0.4) is 0 Å². The van der Waals surface area contributed by atoms with Gasteiger partial charge in [0.05, 0.1) is 24.7 Å². The number of aliphatic carboxylic acids is 1. The fourth-order valence-electron chi connectivity index (χ4n) is 5.77. The lowest BCUT2D eigenvalue weighted by Gasteiger charge is -2.30. The summed E-state index contributed by atoms with van der Waals surface area (Å²) in [6.07, 6.45) is 7.53. The summed E-state index contributed by atoms with van der Waals surface area (Å²) < 4.78 is 6.38. The second-order valence-electron chi connectivity index (χ2n) is 8.90. The average molecular weight is 380 g/mol. The van der Waals surface area contributed by atoms with Gasteiger partial charge in [-0.3, -0.25) is 19.4 Å². The highest BCUT2D eigenvalue weighted by Gasteiger charge is 2.62. The van der Waals surface area contributed by atoms with E-state index in [9.17, 15) is 9.59 Å². The van der Waals surface area contributed by atoms with E-state index in [-0.39, 0.29) is 24.0 Å². The van der Waals surface area contributed by atoms with Crippen LogP contribution in [0, 0.1) is 11.8 Å². The molecule has 152 valence electrons. The van der Waals surface area contributed by atoms with Gasteiger partial charge in [-0.15, -0.1) is 0 Å². The second kappa shape index (κ2) is 8.05. The van der Waals surface area contributed by atoms with Crippen molar-refractivity contribution in [3.8, 4) is 0 Å². The van der Waals surface area contributed by atoms with E-state index in [1.165, 1.54) is 25.7 Å². The van der Waals surface area contributed by atoms with E-state index in [1.54, 1.807) is 0 Å². The predicted molar refractivity (Wildman–Crippen MR) is 100 cm³/mol. The zero-order valence-electron chi connectivity index (χ0n) is 16.2. The number of ether oxygens (including phenoxy) is 1. The van der Waals surface area contributed by atoms with Crippen molar-refractivity contribution in [2.24, 2.45) is 11.8 Å². The van der Waals surface area contributed by atoms with Crippen LogP contribution < -0.4 is 5.32 Å². The van der Waals surface area contributed by atoms with Crippen LogP contribution in [0.2, 0.25) is 0 Å². The topological polar surface area (TPSA) is 82.1 Å². The smallest absolute Gasteiger partial charge is 0.304 e. The molecular weight excluding hydrogens is 346 g/mol. The zero-order chi connectivity index (χ0) is 18.9. The summed E-state index contributed by atoms with van der Waals surface area (Å²) in [5, 5.41) is 12.1. The molecule has 0 saturated carbocycles.